The fourth-order valence-electron chi connectivity index (χ4n) is 2.07. The summed E-state index contributed by atoms with van der Waals surface area (Å²) in [5, 5.41) is 0. The molecule has 1 fully saturated rings. The largest absolute Gasteiger partial charge is 1.00 e. The van der Waals surface area contributed by atoms with Gasteiger partial charge in [-0.05, 0) is 26.4 Å². The summed E-state index contributed by atoms with van der Waals surface area (Å²) in [5.74, 6) is 0. The molecule has 0 heterocycles. The van der Waals surface area contributed by atoms with Gasteiger partial charge >= 0.3 is 58.4 Å². The molecule has 0 saturated heterocycles. The van der Waals surface area contributed by atoms with Crippen molar-refractivity contribution in [2.75, 3.05) is 13.6 Å². The Morgan fingerprint density at radius 1 is 1.25 bits per heavy atom. The summed E-state index contributed by atoms with van der Waals surface area (Å²) in [6, 6.07) is 0.314. The third kappa shape index (κ3) is 5.69. The number of hydrogen-bond donors (Lipinski definition) is 0. The fraction of sp³-hybridized carbons (Fsp3) is 0.800. The second-order valence-electron chi connectivity index (χ2n) is 4.44. The van der Waals surface area contributed by atoms with Crippen LogP contribution in [-0.2, 0) is 0 Å². The predicted molar refractivity (Wildman–Crippen MR) is 57.7 cm³/mol. The first-order chi connectivity index (χ1) is 6.91. The summed E-state index contributed by atoms with van der Waals surface area (Å²) >= 11 is 0. The molecule has 0 aromatic carbocycles. The first-order valence-electron chi connectivity index (χ1n) is 5.49. The zero-order valence-corrected chi connectivity index (χ0v) is 13.3. The van der Waals surface area contributed by atoms with Gasteiger partial charge < -0.3 is 17.8 Å². The maximum atomic E-state index is 12.3. The molecular weight excluding hydrogens is 241 g/mol. The van der Waals surface area contributed by atoms with Gasteiger partial charge in [-0.1, -0.05) is 19.3 Å². The topological polar surface area (TPSA) is 3.24 Å². The molecule has 0 aliphatic heterocycles. The van der Waals surface area contributed by atoms with Gasteiger partial charge in [0.05, 0.1) is 0 Å². The zero-order chi connectivity index (χ0) is 11.5. The number of halogens is 3. The van der Waals surface area contributed by atoms with Crippen molar-refractivity contribution in [2.24, 2.45) is 0 Å². The van der Waals surface area contributed by atoms with Crippen LogP contribution in [0.1, 0.15) is 32.1 Å². The molecule has 1 nitrogen and oxygen atoms in total. The van der Waals surface area contributed by atoms with Crippen molar-refractivity contribution < 1.29 is 64.3 Å². The third-order valence-electron chi connectivity index (χ3n) is 3.11. The number of rotatable bonds is 4. The molecule has 6 heteroatoms. The summed E-state index contributed by atoms with van der Waals surface area (Å²) in [6.07, 6.45) is 5.54. The van der Waals surface area contributed by atoms with Gasteiger partial charge in [0.1, 0.15) is 0 Å². The molecule has 0 amide bonds. The predicted octanol–water partition coefficient (Wildman–Crippen LogP) is 0.198. The first kappa shape index (κ1) is 17.2. The Labute approximate surface area is 138 Å². The Balaban J connectivity index is 0.00000225. The van der Waals surface area contributed by atoms with Crippen LogP contribution < -0.4 is 51.4 Å². The molecule has 0 bridgehead atoms. The van der Waals surface area contributed by atoms with Crippen LogP contribution in [0.2, 0.25) is 0 Å². The summed E-state index contributed by atoms with van der Waals surface area (Å²) in [6.45, 7) is -1.78. The molecule has 0 N–H and O–H groups in total. The van der Waals surface area contributed by atoms with Gasteiger partial charge in [0.2, 0.25) is 0 Å². The Hall–Kier alpha value is 1.19. The minimum atomic E-state index is -4.87. The standard InChI is InChI=1S/C10H18BF3N.K/c1-9(11(12,13)14)8-15(2)10-6-4-3-5-7-10;/h10H,1,3-8H2,2H3;/q-1;+1. The monoisotopic (exact) mass is 259 g/mol. The van der Waals surface area contributed by atoms with E-state index < -0.39 is 12.4 Å². The van der Waals surface area contributed by atoms with E-state index in [2.05, 4.69) is 6.58 Å². The summed E-state index contributed by atoms with van der Waals surface area (Å²) < 4.78 is 36.9. The molecule has 0 atom stereocenters. The summed E-state index contributed by atoms with van der Waals surface area (Å²) in [7, 11) is 1.77. The average molecular weight is 259 g/mol. The van der Waals surface area contributed by atoms with Gasteiger partial charge in [0.15, 0.2) is 0 Å². The van der Waals surface area contributed by atoms with E-state index in [1.807, 2.05) is 0 Å². The molecule has 0 spiro atoms. The van der Waals surface area contributed by atoms with Crippen LogP contribution >= 0.6 is 0 Å². The number of likely N-dealkylation sites (N-methyl/N-ethyl adjacent to an activating group) is 1. The van der Waals surface area contributed by atoms with Crippen molar-refractivity contribution in [3.63, 3.8) is 0 Å². The molecule has 0 radical (unpaired) electrons. The van der Waals surface area contributed by atoms with Crippen LogP contribution in [-0.4, -0.2) is 31.5 Å². The van der Waals surface area contributed by atoms with E-state index in [-0.39, 0.29) is 57.9 Å². The van der Waals surface area contributed by atoms with Gasteiger partial charge in [-0.3, -0.25) is 0 Å². The Morgan fingerprint density at radius 2 is 1.75 bits per heavy atom. The van der Waals surface area contributed by atoms with Crippen LogP contribution in [0.25, 0.3) is 0 Å². The quantitative estimate of drug-likeness (QED) is 0.652. The van der Waals surface area contributed by atoms with Gasteiger partial charge in [-0.2, -0.15) is 0 Å². The van der Waals surface area contributed by atoms with E-state index in [0.717, 1.165) is 25.7 Å². The number of nitrogens with zero attached hydrogens (tertiary/aromatic N) is 1. The molecule has 1 saturated carbocycles. The Bertz CT molecular complexity index is 227. The first-order valence-corrected chi connectivity index (χ1v) is 5.49. The van der Waals surface area contributed by atoms with Crippen molar-refractivity contribution in [3.05, 3.63) is 12.1 Å². The summed E-state index contributed by atoms with van der Waals surface area (Å²) in [5.41, 5.74) is -0.580. The molecule has 88 valence electrons. The third-order valence-corrected chi connectivity index (χ3v) is 3.11. The minimum absolute atomic E-state index is 0. The molecule has 0 aromatic rings. The number of hydrogen-bond acceptors (Lipinski definition) is 1. The van der Waals surface area contributed by atoms with Crippen molar-refractivity contribution >= 4 is 6.98 Å². The van der Waals surface area contributed by atoms with Gasteiger partial charge in [0.25, 0.3) is 0 Å². The molecule has 1 aliphatic carbocycles. The van der Waals surface area contributed by atoms with Gasteiger partial charge in [-0.25, -0.2) is 0 Å². The van der Waals surface area contributed by atoms with Crippen LogP contribution in [0, 0.1) is 0 Å². The van der Waals surface area contributed by atoms with Crippen molar-refractivity contribution in [1.29, 1.82) is 0 Å². The van der Waals surface area contributed by atoms with Crippen LogP contribution in [0.5, 0.6) is 0 Å². The Kier molecular flexibility index (Phi) is 8.15. The second kappa shape index (κ2) is 7.59. The zero-order valence-electron chi connectivity index (χ0n) is 10.2. The van der Waals surface area contributed by atoms with E-state index in [4.69, 9.17) is 0 Å². The molecule has 0 unspecified atom stereocenters. The SMILES string of the molecule is C=C(CN(C)C1CCCCC1)[B-](F)(F)F.[K+]. The van der Waals surface area contributed by atoms with E-state index >= 15 is 0 Å². The second-order valence-corrected chi connectivity index (χ2v) is 4.44. The average Bonchev–Trinajstić information content (AvgIpc) is 2.17. The van der Waals surface area contributed by atoms with E-state index in [9.17, 15) is 12.9 Å². The molecular formula is C10H18BF3KN. The fourth-order valence-corrected chi connectivity index (χ4v) is 2.07. The van der Waals surface area contributed by atoms with Crippen molar-refractivity contribution in [1.82, 2.24) is 4.90 Å². The van der Waals surface area contributed by atoms with Gasteiger partial charge in [-0.15, -0.1) is 12.1 Å². The van der Waals surface area contributed by atoms with Crippen LogP contribution in [0.15, 0.2) is 12.1 Å². The molecule has 1 rings (SSSR count). The van der Waals surface area contributed by atoms with Crippen LogP contribution in [0.4, 0.5) is 12.9 Å². The molecule has 0 aromatic heterocycles. The summed E-state index contributed by atoms with van der Waals surface area (Å²) in [4.78, 5) is 1.80. The minimum Gasteiger partial charge on any atom is -0.445 e. The maximum Gasteiger partial charge on any atom is 1.00 e. The van der Waals surface area contributed by atoms with E-state index in [1.165, 1.54) is 6.42 Å². The molecule has 1 aliphatic rings. The smallest absolute Gasteiger partial charge is 0.445 e. The van der Waals surface area contributed by atoms with Crippen molar-refractivity contribution in [3.8, 4) is 0 Å². The molecule has 16 heavy (non-hydrogen) atoms. The van der Waals surface area contributed by atoms with E-state index in [0.29, 0.717) is 6.04 Å². The van der Waals surface area contributed by atoms with E-state index in [1.54, 1.807) is 11.9 Å². The maximum absolute atomic E-state index is 12.3. The van der Waals surface area contributed by atoms with Crippen LogP contribution in [0.3, 0.4) is 0 Å². The Morgan fingerprint density at radius 3 is 2.19 bits per heavy atom. The van der Waals surface area contributed by atoms with Crippen molar-refractivity contribution in [2.45, 2.75) is 38.1 Å². The normalized spacial score (nSPS) is 18.3. The van der Waals surface area contributed by atoms with Gasteiger partial charge in [0, 0.05) is 6.04 Å².